The standard InChI is InChI=1S/C22H32BrNO4S/c1-14-12-16(29-22(14)23)10-8-15(25)9-11-18-17(19(26)13-20(18)27)6-4-2-3-5-7-21(24)28/h2,4,9,11-12,15,17-20,25-27H,3,5-8,10,13H2,1H3,(H2,24,28)/t15-,17+,18+,19-,20+/m0/s1. The van der Waals surface area contributed by atoms with E-state index in [1.807, 2.05) is 18.2 Å². The van der Waals surface area contributed by atoms with Crippen LogP contribution < -0.4 is 5.73 Å². The van der Waals surface area contributed by atoms with Crippen molar-refractivity contribution in [1.82, 2.24) is 0 Å². The van der Waals surface area contributed by atoms with Crippen molar-refractivity contribution in [2.75, 3.05) is 0 Å². The summed E-state index contributed by atoms with van der Waals surface area (Å²) in [5.74, 6) is -0.539. The zero-order chi connectivity index (χ0) is 21.4. The minimum absolute atomic E-state index is 0.0725. The summed E-state index contributed by atoms with van der Waals surface area (Å²) in [6, 6.07) is 2.13. The normalized spacial score (nSPS) is 26.0. The van der Waals surface area contributed by atoms with Gasteiger partial charge in [0.05, 0.1) is 22.1 Å². The Morgan fingerprint density at radius 2 is 2.14 bits per heavy atom. The van der Waals surface area contributed by atoms with Crippen LogP contribution in [0.25, 0.3) is 0 Å². The number of hydrogen-bond acceptors (Lipinski definition) is 5. The van der Waals surface area contributed by atoms with Crippen LogP contribution in [0, 0.1) is 18.8 Å². The van der Waals surface area contributed by atoms with Crippen LogP contribution in [0.5, 0.6) is 0 Å². The van der Waals surface area contributed by atoms with Crippen LogP contribution in [0.2, 0.25) is 0 Å². The fraction of sp³-hybridized carbons (Fsp3) is 0.591. The van der Waals surface area contributed by atoms with Crippen molar-refractivity contribution >= 4 is 33.2 Å². The second-order valence-corrected chi connectivity index (χ2v) is 10.3. The molecule has 1 aromatic heterocycles. The van der Waals surface area contributed by atoms with Gasteiger partial charge >= 0.3 is 0 Å². The maximum absolute atomic E-state index is 10.7. The van der Waals surface area contributed by atoms with Gasteiger partial charge in [0, 0.05) is 23.6 Å². The molecule has 0 aliphatic heterocycles. The Morgan fingerprint density at radius 1 is 1.38 bits per heavy atom. The summed E-state index contributed by atoms with van der Waals surface area (Å²) in [5, 5.41) is 30.9. The number of rotatable bonds is 11. The highest BCUT2D eigenvalue weighted by molar-refractivity contribution is 9.11. The molecule has 5 N–H and O–H groups in total. The van der Waals surface area contributed by atoms with E-state index in [2.05, 4.69) is 28.9 Å². The van der Waals surface area contributed by atoms with Crippen LogP contribution in [0.1, 0.15) is 49.0 Å². The molecule has 7 heteroatoms. The zero-order valence-corrected chi connectivity index (χ0v) is 19.2. The van der Waals surface area contributed by atoms with Crippen molar-refractivity contribution in [3.8, 4) is 0 Å². The minimum atomic E-state index is -0.599. The lowest BCUT2D eigenvalue weighted by Crippen LogP contribution is -2.20. The van der Waals surface area contributed by atoms with Crippen molar-refractivity contribution in [3.63, 3.8) is 0 Å². The molecule has 1 aliphatic rings. The lowest BCUT2D eigenvalue weighted by molar-refractivity contribution is -0.118. The molecule has 1 aliphatic carbocycles. The van der Waals surface area contributed by atoms with Crippen LogP contribution in [-0.4, -0.2) is 39.5 Å². The molecule has 0 bridgehead atoms. The first-order valence-electron chi connectivity index (χ1n) is 10.2. The van der Waals surface area contributed by atoms with Crippen molar-refractivity contribution in [1.29, 1.82) is 0 Å². The number of nitrogens with two attached hydrogens (primary N) is 1. The van der Waals surface area contributed by atoms with E-state index in [1.54, 1.807) is 17.4 Å². The van der Waals surface area contributed by atoms with Crippen molar-refractivity contribution in [2.24, 2.45) is 17.6 Å². The molecule has 0 spiro atoms. The number of allylic oxidation sites excluding steroid dienone is 2. The van der Waals surface area contributed by atoms with Crippen molar-refractivity contribution in [2.45, 2.75) is 70.2 Å². The molecule has 1 fully saturated rings. The average Bonchev–Trinajstić information content (AvgIpc) is 3.11. The van der Waals surface area contributed by atoms with E-state index < -0.39 is 18.3 Å². The Balaban J connectivity index is 1.83. The summed E-state index contributed by atoms with van der Waals surface area (Å²) in [4.78, 5) is 12.0. The smallest absolute Gasteiger partial charge is 0.217 e. The number of aryl methyl sites for hydroxylation is 2. The number of amides is 1. The molecule has 162 valence electrons. The van der Waals surface area contributed by atoms with Gasteiger partial charge in [-0.25, -0.2) is 0 Å². The lowest BCUT2D eigenvalue weighted by Gasteiger charge is -2.19. The fourth-order valence-corrected chi connectivity index (χ4v) is 5.41. The van der Waals surface area contributed by atoms with Gasteiger partial charge in [0.2, 0.25) is 5.91 Å². The predicted molar refractivity (Wildman–Crippen MR) is 121 cm³/mol. The van der Waals surface area contributed by atoms with Crippen LogP contribution in [0.4, 0.5) is 0 Å². The number of carbonyl (C=O) groups excluding carboxylic acids is 1. The highest BCUT2D eigenvalue weighted by Gasteiger charge is 2.39. The minimum Gasteiger partial charge on any atom is -0.393 e. The first-order valence-corrected chi connectivity index (χ1v) is 11.8. The van der Waals surface area contributed by atoms with Gasteiger partial charge in [-0.05, 0) is 72.5 Å². The van der Waals surface area contributed by atoms with Gasteiger partial charge in [-0.2, -0.15) is 0 Å². The Hall–Kier alpha value is -0.990. The Kier molecular flexibility index (Phi) is 10.1. The summed E-state index contributed by atoms with van der Waals surface area (Å²) in [6.45, 7) is 2.06. The number of thiophene rings is 1. The first-order chi connectivity index (χ1) is 13.8. The number of primary amides is 1. The molecule has 29 heavy (non-hydrogen) atoms. The van der Waals surface area contributed by atoms with Crippen LogP contribution in [0.15, 0.2) is 34.2 Å². The third kappa shape index (κ3) is 7.98. The van der Waals surface area contributed by atoms with E-state index in [0.29, 0.717) is 25.7 Å². The van der Waals surface area contributed by atoms with Crippen molar-refractivity contribution in [3.05, 3.63) is 44.6 Å². The van der Waals surface area contributed by atoms with Crippen LogP contribution in [-0.2, 0) is 11.2 Å². The molecular weight excluding hydrogens is 454 g/mol. The van der Waals surface area contributed by atoms with Gasteiger partial charge in [0.1, 0.15) is 0 Å². The van der Waals surface area contributed by atoms with Gasteiger partial charge < -0.3 is 21.1 Å². The summed E-state index contributed by atoms with van der Waals surface area (Å²) in [6.07, 6.45) is 10.2. The molecule has 1 aromatic rings. The van der Waals surface area contributed by atoms with E-state index in [4.69, 9.17) is 5.73 Å². The summed E-state index contributed by atoms with van der Waals surface area (Å²) in [7, 11) is 0. The second kappa shape index (κ2) is 12.0. The van der Waals surface area contributed by atoms with Crippen LogP contribution in [0.3, 0.4) is 0 Å². The van der Waals surface area contributed by atoms with Gasteiger partial charge in [-0.1, -0.05) is 24.3 Å². The maximum Gasteiger partial charge on any atom is 0.217 e. The SMILES string of the molecule is Cc1cc(CC[C@H](O)C=C[C@@H]2[C@@H](CC=CCCCC(N)=O)[C@@H](O)C[C@H]2O)sc1Br. The lowest BCUT2D eigenvalue weighted by atomic mass is 9.89. The number of carbonyl (C=O) groups is 1. The van der Waals surface area contributed by atoms with E-state index >= 15 is 0 Å². The molecule has 2 rings (SSSR count). The van der Waals surface area contributed by atoms with Gasteiger partial charge in [-0.3, -0.25) is 4.79 Å². The van der Waals surface area contributed by atoms with E-state index in [-0.39, 0.29) is 17.7 Å². The molecule has 5 atom stereocenters. The zero-order valence-electron chi connectivity index (χ0n) is 16.8. The largest absolute Gasteiger partial charge is 0.393 e. The molecule has 0 aromatic carbocycles. The number of aliphatic hydroxyl groups is 3. The summed E-state index contributed by atoms with van der Waals surface area (Å²) < 4.78 is 1.13. The second-order valence-electron chi connectivity index (χ2n) is 7.84. The van der Waals surface area contributed by atoms with E-state index in [1.165, 1.54) is 10.4 Å². The van der Waals surface area contributed by atoms with Crippen molar-refractivity contribution < 1.29 is 20.1 Å². The molecule has 1 saturated carbocycles. The molecule has 1 amide bonds. The fourth-order valence-electron chi connectivity index (χ4n) is 3.76. The average molecular weight is 486 g/mol. The highest BCUT2D eigenvalue weighted by Crippen LogP contribution is 2.36. The molecule has 0 saturated heterocycles. The molecule has 5 nitrogen and oxygen atoms in total. The number of hydrogen-bond donors (Lipinski definition) is 4. The quantitative estimate of drug-likeness (QED) is 0.283. The summed E-state index contributed by atoms with van der Waals surface area (Å²) >= 11 is 5.21. The Morgan fingerprint density at radius 3 is 2.79 bits per heavy atom. The third-order valence-corrected chi connectivity index (χ3v) is 7.63. The molecule has 1 heterocycles. The third-order valence-electron chi connectivity index (χ3n) is 5.43. The predicted octanol–water partition coefficient (Wildman–Crippen LogP) is 3.63. The van der Waals surface area contributed by atoms with Crippen LogP contribution >= 0.6 is 27.3 Å². The van der Waals surface area contributed by atoms with Gasteiger partial charge in [0.15, 0.2) is 0 Å². The molecular formula is C22H32BrNO4S. The summed E-state index contributed by atoms with van der Waals surface area (Å²) in [5.41, 5.74) is 6.34. The Bertz CT molecular complexity index is 698. The maximum atomic E-state index is 10.7. The molecule has 0 unspecified atom stereocenters. The van der Waals surface area contributed by atoms with E-state index in [0.717, 1.165) is 23.0 Å². The molecule has 0 radical (unpaired) electrons. The number of unbranched alkanes of at least 4 members (excludes halogenated alkanes) is 1. The van der Waals surface area contributed by atoms with Gasteiger partial charge in [0.25, 0.3) is 0 Å². The first kappa shape index (κ1) is 24.3. The Labute approximate surface area is 185 Å². The topological polar surface area (TPSA) is 104 Å². The van der Waals surface area contributed by atoms with Gasteiger partial charge in [-0.15, -0.1) is 11.3 Å². The van der Waals surface area contributed by atoms with E-state index in [9.17, 15) is 20.1 Å². The number of halogens is 1. The monoisotopic (exact) mass is 485 g/mol. The number of aliphatic hydroxyl groups excluding tert-OH is 3. The highest BCUT2D eigenvalue weighted by atomic mass is 79.9.